The highest BCUT2D eigenvalue weighted by molar-refractivity contribution is 5.85. The molecule has 1 saturated carbocycles. The summed E-state index contributed by atoms with van der Waals surface area (Å²) in [5, 5.41) is 5.59. The molecule has 0 aromatic carbocycles. The molecule has 2 N–H and O–H groups in total. The second kappa shape index (κ2) is 4.95. The Kier molecular flexibility index (Phi) is 3.88. The number of carbonyl (C=O) groups excluding carboxylic acids is 2. The maximum atomic E-state index is 11.2. The third kappa shape index (κ3) is 3.74. The summed E-state index contributed by atoms with van der Waals surface area (Å²) in [4.78, 5) is 22.2. The van der Waals surface area contributed by atoms with Gasteiger partial charge in [0, 0.05) is 6.04 Å². The lowest BCUT2D eigenvalue weighted by molar-refractivity contribution is -0.144. The molecule has 5 nitrogen and oxygen atoms in total. The van der Waals surface area contributed by atoms with Gasteiger partial charge in [0.1, 0.15) is 6.04 Å². The lowest BCUT2D eigenvalue weighted by Crippen LogP contribution is -2.43. The Morgan fingerprint density at radius 1 is 1.50 bits per heavy atom. The first-order chi connectivity index (χ1) is 6.63. The Labute approximate surface area is 83.2 Å². The molecule has 0 aromatic rings. The molecule has 1 aliphatic rings. The van der Waals surface area contributed by atoms with Gasteiger partial charge >= 0.3 is 5.97 Å². The van der Waals surface area contributed by atoms with Gasteiger partial charge in [0.05, 0.1) is 13.7 Å². The molecular weight excluding hydrogens is 184 g/mol. The van der Waals surface area contributed by atoms with E-state index >= 15 is 0 Å². The number of nitrogens with one attached hydrogen (secondary N) is 2. The molecule has 0 aliphatic heterocycles. The fourth-order valence-corrected chi connectivity index (χ4v) is 1.05. The van der Waals surface area contributed by atoms with Crippen LogP contribution in [0.4, 0.5) is 0 Å². The lowest BCUT2D eigenvalue weighted by Gasteiger charge is -2.11. The van der Waals surface area contributed by atoms with Crippen molar-refractivity contribution in [3.63, 3.8) is 0 Å². The minimum Gasteiger partial charge on any atom is -0.467 e. The average Bonchev–Trinajstić information content (AvgIpc) is 2.96. The van der Waals surface area contributed by atoms with Crippen LogP contribution < -0.4 is 10.6 Å². The molecule has 14 heavy (non-hydrogen) atoms. The number of ether oxygens (including phenoxy) is 1. The number of methoxy groups -OCH3 is 1. The SMILES string of the molecule is COC(=O)[C@H](C)NC(=O)CNC1CC1. The smallest absolute Gasteiger partial charge is 0.328 e. The molecule has 0 heterocycles. The highest BCUT2D eigenvalue weighted by Gasteiger charge is 2.22. The molecule has 0 bridgehead atoms. The quantitative estimate of drug-likeness (QED) is 0.582. The zero-order chi connectivity index (χ0) is 10.6. The van der Waals surface area contributed by atoms with Crippen molar-refractivity contribution in [1.82, 2.24) is 10.6 Å². The van der Waals surface area contributed by atoms with Gasteiger partial charge < -0.3 is 15.4 Å². The third-order valence-electron chi connectivity index (χ3n) is 2.06. The van der Waals surface area contributed by atoms with Crippen LogP contribution >= 0.6 is 0 Å². The Balaban J connectivity index is 2.14. The fourth-order valence-electron chi connectivity index (χ4n) is 1.05. The number of rotatable bonds is 5. The molecule has 0 spiro atoms. The largest absolute Gasteiger partial charge is 0.467 e. The van der Waals surface area contributed by atoms with Crippen LogP contribution in [-0.4, -0.2) is 37.6 Å². The summed E-state index contributed by atoms with van der Waals surface area (Å²) in [6.45, 7) is 1.87. The molecule has 80 valence electrons. The molecule has 1 atom stereocenters. The maximum absolute atomic E-state index is 11.2. The van der Waals surface area contributed by atoms with E-state index in [1.165, 1.54) is 7.11 Å². The summed E-state index contributed by atoms with van der Waals surface area (Å²) < 4.78 is 4.48. The van der Waals surface area contributed by atoms with E-state index in [0.717, 1.165) is 12.8 Å². The van der Waals surface area contributed by atoms with Crippen LogP contribution in [0.15, 0.2) is 0 Å². The molecule has 1 rings (SSSR count). The summed E-state index contributed by atoms with van der Waals surface area (Å²) in [5.74, 6) is -0.598. The molecule has 5 heteroatoms. The average molecular weight is 200 g/mol. The van der Waals surface area contributed by atoms with Gasteiger partial charge in [-0.05, 0) is 19.8 Å². The second-order valence-electron chi connectivity index (χ2n) is 3.47. The van der Waals surface area contributed by atoms with Crippen LogP contribution in [0.1, 0.15) is 19.8 Å². The van der Waals surface area contributed by atoms with E-state index < -0.39 is 12.0 Å². The lowest BCUT2D eigenvalue weighted by atomic mass is 10.3. The first-order valence-corrected chi connectivity index (χ1v) is 4.74. The fraction of sp³-hybridized carbons (Fsp3) is 0.778. The summed E-state index contributed by atoms with van der Waals surface area (Å²) in [7, 11) is 1.30. The second-order valence-corrected chi connectivity index (χ2v) is 3.47. The van der Waals surface area contributed by atoms with Crippen molar-refractivity contribution in [1.29, 1.82) is 0 Å². The number of amides is 1. The predicted molar refractivity (Wildman–Crippen MR) is 50.6 cm³/mol. The van der Waals surface area contributed by atoms with Crippen LogP contribution in [0.25, 0.3) is 0 Å². The Morgan fingerprint density at radius 2 is 2.14 bits per heavy atom. The van der Waals surface area contributed by atoms with Gasteiger partial charge in [-0.2, -0.15) is 0 Å². The molecular formula is C9H16N2O3. The van der Waals surface area contributed by atoms with Gasteiger partial charge in [-0.25, -0.2) is 4.79 Å². The molecule has 1 fully saturated rings. The molecule has 1 aliphatic carbocycles. The standard InChI is InChI=1S/C9H16N2O3/c1-6(9(13)14-2)11-8(12)5-10-7-3-4-7/h6-7,10H,3-5H2,1-2H3,(H,11,12)/t6-/m0/s1. The van der Waals surface area contributed by atoms with E-state index in [0.29, 0.717) is 6.04 Å². The normalized spacial score (nSPS) is 17.3. The van der Waals surface area contributed by atoms with E-state index in [1.807, 2.05) is 0 Å². The highest BCUT2D eigenvalue weighted by atomic mass is 16.5. The van der Waals surface area contributed by atoms with Crippen molar-refractivity contribution in [3.05, 3.63) is 0 Å². The third-order valence-corrected chi connectivity index (χ3v) is 2.06. The molecule has 1 amide bonds. The first kappa shape index (κ1) is 11.0. The number of hydrogen-bond acceptors (Lipinski definition) is 4. The van der Waals surface area contributed by atoms with Crippen molar-refractivity contribution in [3.8, 4) is 0 Å². The van der Waals surface area contributed by atoms with Gasteiger partial charge in [0.15, 0.2) is 0 Å². The molecule has 0 saturated heterocycles. The van der Waals surface area contributed by atoms with Gasteiger partial charge in [-0.1, -0.05) is 0 Å². The monoisotopic (exact) mass is 200 g/mol. The summed E-state index contributed by atoms with van der Waals surface area (Å²) in [5.41, 5.74) is 0. The first-order valence-electron chi connectivity index (χ1n) is 4.74. The summed E-state index contributed by atoms with van der Waals surface area (Å²) in [6.07, 6.45) is 2.28. The van der Waals surface area contributed by atoms with Crippen molar-refractivity contribution in [2.45, 2.75) is 31.8 Å². The summed E-state index contributed by atoms with van der Waals surface area (Å²) in [6, 6.07) is -0.0808. The Bertz CT molecular complexity index is 226. The molecule has 0 radical (unpaired) electrons. The van der Waals surface area contributed by atoms with Crippen LogP contribution in [0, 0.1) is 0 Å². The minimum atomic E-state index is -0.575. The zero-order valence-electron chi connectivity index (χ0n) is 8.50. The van der Waals surface area contributed by atoms with E-state index in [2.05, 4.69) is 15.4 Å². The van der Waals surface area contributed by atoms with Crippen LogP contribution in [0.2, 0.25) is 0 Å². The van der Waals surface area contributed by atoms with Crippen LogP contribution in [-0.2, 0) is 14.3 Å². The summed E-state index contributed by atoms with van der Waals surface area (Å²) >= 11 is 0. The minimum absolute atomic E-state index is 0.171. The molecule has 0 unspecified atom stereocenters. The predicted octanol–water partition coefficient (Wildman–Crippen LogP) is -0.584. The van der Waals surface area contributed by atoms with Crippen molar-refractivity contribution < 1.29 is 14.3 Å². The van der Waals surface area contributed by atoms with Gasteiger partial charge in [-0.15, -0.1) is 0 Å². The zero-order valence-corrected chi connectivity index (χ0v) is 8.50. The highest BCUT2D eigenvalue weighted by Crippen LogP contribution is 2.17. The van der Waals surface area contributed by atoms with Gasteiger partial charge in [-0.3, -0.25) is 4.79 Å². The Morgan fingerprint density at radius 3 is 2.64 bits per heavy atom. The maximum Gasteiger partial charge on any atom is 0.328 e. The topological polar surface area (TPSA) is 67.4 Å². The van der Waals surface area contributed by atoms with Crippen molar-refractivity contribution >= 4 is 11.9 Å². The van der Waals surface area contributed by atoms with E-state index in [9.17, 15) is 9.59 Å². The van der Waals surface area contributed by atoms with E-state index in [1.54, 1.807) is 6.92 Å². The van der Waals surface area contributed by atoms with E-state index in [-0.39, 0.29) is 12.5 Å². The Hall–Kier alpha value is -1.10. The van der Waals surface area contributed by atoms with E-state index in [4.69, 9.17) is 0 Å². The molecule has 0 aromatic heterocycles. The van der Waals surface area contributed by atoms with Gasteiger partial charge in [0.25, 0.3) is 0 Å². The number of esters is 1. The van der Waals surface area contributed by atoms with Crippen LogP contribution in [0.5, 0.6) is 0 Å². The van der Waals surface area contributed by atoms with Gasteiger partial charge in [0.2, 0.25) is 5.91 Å². The van der Waals surface area contributed by atoms with Crippen molar-refractivity contribution in [2.24, 2.45) is 0 Å². The number of carbonyl (C=O) groups is 2. The van der Waals surface area contributed by atoms with Crippen molar-refractivity contribution in [2.75, 3.05) is 13.7 Å². The number of hydrogen-bond donors (Lipinski definition) is 2. The van der Waals surface area contributed by atoms with Crippen LogP contribution in [0.3, 0.4) is 0 Å².